The van der Waals surface area contributed by atoms with Crippen molar-refractivity contribution in [3.05, 3.63) is 120 Å². The van der Waals surface area contributed by atoms with E-state index in [-0.39, 0.29) is 35.5 Å². The summed E-state index contributed by atoms with van der Waals surface area (Å²) in [5, 5.41) is 3.06. The second-order valence-electron chi connectivity index (χ2n) is 11.3. The minimum absolute atomic E-state index is 0.0170. The number of hydrogen-bond acceptors (Lipinski definition) is 6. The molecule has 0 saturated heterocycles. The Morgan fingerprint density at radius 1 is 0.830 bits per heavy atom. The van der Waals surface area contributed by atoms with Gasteiger partial charge in [0.25, 0.3) is 10.0 Å². The Hall–Kier alpha value is -4.83. The number of anilines is 1. The van der Waals surface area contributed by atoms with E-state index < -0.39 is 28.5 Å². The number of nitrogens with zero attached hydrogens (tertiary/aromatic N) is 2. The predicted octanol–water partition coefficient (Wildman–Crippen LogP) is 5.76. The van der Waals surface area contributed by atoms with Gasteiger partial charge in [0.2, 0.25) is 11.8 Å². The van der Waals surface area contributed by atoms with Gasteiger partial charge in [-0.3, -0.25) is 13.9 Å². The molecule has 0 aliphatic rings. The maximum absolute atomic E-state index is 14.7. The number of aryl methyl sites for hydroxylation is 1. The van der Waals surface area contributed by atoms with Crippen molar-refractivity contribution in [1.29, 1.82) is 0 Å². The van der Waals surface area contributed by atoms with Crippen molar-refractivity contribution >= 4 is 27.5 Å². The van der Waals surface area contributed by atoms with Crippen LogP contribution in [0.1, 0.15) is 37.0 Å². The van der Waals surface area contributed by atoms with Crippen molar-refractivity contribution in [2.45, 2.75) is 57.1 Å². The third kappa shape index (κ3) is 8.71. The Kier molecular flexibility index (Phi) is 12.0. The van der Waals surface area contributed by atoms with Crippen molar-refractivity contribution in [1.82, 2.24) is 10.2 Å². The van der Waals surface area contributed by atoms with E-state index in [0.717, 1.165) is 21.0 Å². The molecule has 248 valence electrons. The summed E-state index contributed by atoms with van der Waals surface area (Å²) in [6.45, 7) is 5.36. The molecule has 0 radical (unpaired) electrons. The molecule has 4 aromatic rings. The van der Waals surface area contributed by atoms with Crippen molar-refractivity contribution in [3.8, 4) is 11.5 Å². The maximum Gasteiger partial charge on any atom is 0.264 e. The Morgan fingerprint density at radius 3 is 2.06 bits per heavy atom. The van der Waals surface area contributed by atoms with E-state index in [4.69, 9.17) is 9.47 Å². The van der Waals surface area contributed by atoms with E-state index in [0.29, 0.717) is 17.9 Å². The number of amides is 2. The van der Waals surface area contributed by atoms with Gasteiger partial charge in [-0.05, 0) is 61.2 Å². The quantitative estimate of drug-likeness (QED) is 0.174. The largest absolute Gasteiger partial charge is 0.493 e. The van der Waals surface area contributed by atoms with Gasteiger partial charge in [-0.2, -0.15) is 0 Å². The second-order valence-corrected chi connectivity index (χ2v) is 13.2. The van der Waals surface area contributed by atoms with Gasteiger partial charge in [0.05, 0.1) is 24.8 Å². The van der Waals surface area contributed by atoms with Gasteiger partial charge < -0.3 is 19.7 Å². The Labute approximate surface area is 278 Å². The number of ether oxygens (including phenoxy) is 2. The second kappa shape index (κ2) is 16.1. The molecular weight excluding hydrogens is 614 g/mol. The van der Waals surface area contributed by atoms with E-state index in [1.807, 2.05) is 75.4 Å². The molecule has 0 saturated carbocycles. The Balaban J connectivity index is 1.85. The summed E-state index contributed by atoms with van der Waals surface area (Å²) < 4.78 is 40.4. The lowest BCUT2D eigenvalue weighted by molar-refractivity contribution is -0.140. The van der Waals surface area contributed by atoms with Crippen molar-refractivity contribution in [2.75, 3.05) is 25.1 Å². The highest BCUT2D eigenvalue weighted by Crippen LogP contribution is 2.34. The first-order valence-corrected chi connectivity index (χ1v) is 17.0. The molecule has 2 atom stereocenters. The summed E-state index contributed by atoms with van der Waals surface area (Å²) in [5.41, 5.74) is 2.87. The summed E-state index contributed by atoms with van der Waals surface area (Å²) >= 11 is 0. The summed E-state index contributed by atoms with van der Waals surface area (Å²) in [5.74, 6) is -0.140. The third-order valence-electron chi connectivity index (χ3n) is 8.14. The molecule has 4 aromatic carbocycles. The highest BCUT2D eigenvalue weighted by atomic mass is 32.2. The molecule has 0 aromatic heterocycles. The molecule has 0 aliphatic heterocycles. The van der Waals surface area contributed by atoms with E-state index >= 15 is 0 Å². The van der Waals surface area contributed by atoms with Gasteiger partial charge in [-0.1, -0.05) is 79.7 Å². The fourth-order valence-corrected chi connectivity index (χ4v) is 6.62. The average Bonchev–Trinajstić information content (AvgIpc) is 3.09. The highest BCUT2D eigenvalue weighted by Gasteiger charge is 2.35. The zero-order valence-electron chi connectivity index (χ0n) is 27.6. The SMILES string of the molecule is CCC(C)NC(=O)C(Cc1ccccc1)N(Cc1ccccc1C)C(=O)CN(c1ccc(OC)c(OC)c1)S(=O)(=O)c1ccccc1. The van der Waals surface area contributed by atoms with E-state index in [1.54, 1.807) is 30.3 Å². The van der Waals surface area contributed by atoms with Crippen LogP contribution in [-0.4, -0.2) is 58.0 Å². The number of rotatable bonds is 15. The van der Waals surface area contributed by atoms with Gasteiger partial charge in [0, 0.05) is 25.1 Å². The molecule has 0 fully saturated rings. The van der Waals surface area contributed by atoms with E-state index in [9.17, 15) is 18.0 Å². The number of methoxy groups -OCH3 is 2. The van der Waals surface area contributed by atoms with E-state index in [1.165, 1.54) is 37.3 Å². The first-order valence-electron chi connectivity index (χ1n) is 15.6. The molecule has 2 unspecified atom stereocenters. The van der Waals surface area contributed by atoms with Gasteiger partial charge >= 0.3 is 0 Å². The van der Waals surface area contributed by atoms with Crippen LogP contribution in [0.5, 0.6) is 11.5 Å². The first-order chi connectivity index (χ1) is 22.6. The monoisotopic (exact) mass is 657 g/mol. The lowest BCUT2D eigenvalue weighted by Gasteiger charge is -2.34. The standard InChI is InChI=1S/C37H43N3O6S/c1-6-28(3)38-37(42)33(23-29-16-9-7-10-17-29)39(25-30-18-14-13-15-27(30)2)36(41)26-40(47(43,44)32-19-11-8-12-20-32)31-21-22-34(45-4)35(24-31)46-5/h7-22,24,28,33H,6,23,25-26H2,1-5H3,(H,38,42). The molecule has 0 spiro atoms. The summed E-state index contributed by atoms with van der Waals surface area (Å²) in [6, 6.07) is 28.7. The van der Waals surface area contributed by atoms with Crippen molar-refractivity contribution in [3.63, 3.8) is 0 Å². The topological polar surface area (TPSA) is 105 Å². The highest BCUT2D eigenvalue weighted by molar-refractivity contribution is 7.92. The normalized spacial score (nSPS) is 12.4. The van der Waals surface area contributed by atoms with Gasteiger partial charge in [-0.25, -0.2) is 8.42 Å². The molecule has 10 heteroatoms. The number of sulfonamides is 1. The minimum Gasteiger partial charge on any atom is -0.493 e. The van der Waals surface area contributed by atoms with Crippen LogP contribution in [0.2, 0.25) is 0 Å². The Morgan fingerprint density at radius 2 is 1.45 bits per heavy atom. The molecule has 47 heavy (non-hydrogen) atoms. The lowest BCUT2D eigenvalue weighted by atomic mass is 10.0. The number of benzene rings is 4. The van der Waals surface area contributed by atoms with Crippen LogP contribution in [0.3, 0.4) is 0 Å². The zero-order valence-corrected chi connectivity index (χ0v) is 28.4. The fraction of sp³-hybridized carbons (Fsp3) is 0.297. The first kappa shape index (κ1) is 35.0. The number of carbonyl (C=O) groups is 2. The molecule has 0 heterocycles. The molecule has 1 N–H and O–H groups in total. The molecule has 9 nitrogen and oxygen atoms in total. The van der Waals surface area contributed by atoms with Crippen molar-refractivity contribution < 1.29 is 27.5 Å². The molecule has 0 bridgehead atoms. The molecular formula is C37H43N3O6S. The predicted molar refractivity (Wildman–Crippen MR) is 184 cm³/mol. The fourth-order valence-electron chi connectivity index (χ4n) is 5.19. The zero-order chi connectivity index (χ0) is 34.0. The number of nitrogens with one attached hydrogen (secondary N) is 1. The summed E-state index contributed by atoms with van der Waals surface area (Å²) in [6.07, 6.45) is 0.945. The molecule has 4 rings (SSSR count). The van der Waals surface area contributed by atoms with Crippen LogP contribution >= 0.6 is 0 Å². The Bertz CT molecular complexity index is 1750. The van der Waals surface area contributed by atoms with Gasteiger partial charge in [0.15, 0.2) is 11.5 Å². The van der Waals surface area contributed by atoms with Crippen LogP contribution < -0.4 is 19.1 Å². The maximum atomic E-state index is 14.7. The number of hydrogen-bond donors (Lipinski definition) is 1. The van der Waals surface area contributed by atoms with Gasteiger partial charge in [0.1, 0.15) is 12.6 Å². The van der Waals surface area contributed by atoms with Crippen LogP contribution in [0.15, 0.2) is 108 Å². The van der Waals surface area contributed by atoms with Crippen LogP contribution in [0.25, 0.3) is 0 Å². The molecule has 2 amide bonds. The minimum atomic E-state index is -4.25. The number of carbonyl (C=O) groups excluding carboxylic acids is 2. The van der Waals surface area contributed by atoms with Crippen LogP contribution in [0.4, 0.5) is 5.69 Å². The lowest BCUT2D eigenvalue weighted by Crippen LogP contribution is -2.54. The van der Waals surface area contributed by atoms with Crippen molar-refractivity contribution in [2.24, 2.45) is 0 Å². The summed E-state index contributed by atoms with van der Waals surface area (Å²) in [4.78, 5) is 30.2. The molecule has 0 aliphatic carbocycles. The van der Waals surface area contributed by atoms with Gasteiger partial charge in [-0.15, -0.1) is 0 Å². The van der Waals surface area contributed by atoms with E-state index in [2.05, 4.69) is 5.32 Å². The van der Waals surface area contributed by atoms with Crippen LogP contribution in [0, 0.1) is 6.92 Å². The average molecular weight is 658 g/mol. The summed E-state index contributed by atoms with van der Waals surface area (Å²) in [7, 11) is -1.31. The smallest absolute Gasteiger partial charge is 0.264 e. The van der Waals surface area contributed by atoms with Crippen LogP contribution in [-0.2, 0) is 32.6 Å². The third-order valence-corrected chi connectivity index (χ3v) is 9.93.